The van der Waals surface area contributed by atoms with Gasteiger partial charge < -0.3 is 0 Å². The molecule has 0 amide bonds. The minimum Gasteiger partial charge on any atom is -0.0850 e. The molecule has 0 saturated carbocycles. The second-order valence-corrected chi connectivity index (χ2v) is 2.82. The molecule has 0 fully saturated rings. The maximum absolute atomic E-state index is 2.42. The van der Waals surface area contributed by atoms with Crippen molar-refractivity contribution in [1.29, 1.82) is 0 Å². The zero-order chi connectivity index (χ0) is 6.69. The highest BCUT2D eigenvalue weighted by Crippen LogP contribution is 2.29. The number of rotatable bonds is 2. The highest BCUT2D eigenvalue weighted by Gasteiger charge is 2.14. The quantitative estimate of drug-likeness (QED) is 0.496. The highest BCUT2D eigenvalue weighted by molar-refractivity contribution is 5.11. The lowest BCUT2D eigenvalue weighted by Crippen LogP contribution is -1.94. The number of allylic oxidation sites excluding steroid dienone is 2. The summed E-state index contributed by atoms with van der Waals surface area (Å²) >= 11 is 0. The first-order valence-corrected chi connectivity index (χ1v) is 4.07. The van der Waals surface area contributed by atoms with Crippen LogP contribution in [0.2, 0.25) is 0 Å². The lowest BCUT2D eigenvalue weighted by Gasteiger charge is -2.08. The van der Waals surface area contributed by atoms with Crippen molar-refractivity contribution in [3.8, 4) is 0 Å². The first kappa shape index (κ1) is 6.85. The summed E-state index contributed by atoms with van der Waals surface area (Å²) in [6.45, 7) is 4.55. The summed E-state index contributed by atoms with van der Waals surface area (Å²) in [5.41, 5.74) is 1.71. The topological polar surface area (TPSA) is 0 Å². The monoisotopic (exact) mass is 124 g/mol. The lowest BCUT2D eigenvalue weighted by molar-refractivity contribution is 0.572. The van der Waals surface area contributed by atoms with E-state index in [0.717, 1.165) is 5.92 Å². The van der Waals surface area contributed by atoms with E-state index in [4.69, 9.17) is 0 Å². The average Bonchev–Trinajstić information content (AvgIpc) is 2.33. The molecule has 0 saturated heterocycles. The van der Waals surface area contributed by atoms with Crippen molar-refractivity contribution in [2.75, 3.05) is 0 Å². The van der Waals surface area contributed by atoms with Gasteiger partial charge in [0.15, 0.2) is 0 Å². The zero-order valence-electron chi connectivity index (χ0n) is 6.48. The van der Waals surface area contributed by atoms with Crippen LogP contribution in [0, 0.1) is 5.92 Å². The van der Waals surface area contributed by atoms with Crippen LogP contribution in [-0.2, 0) is 0 Å². The molecule has 1 aliphatic carbocycles. The minimum atomic E-state index is 0.940. The maximum atomic E-state index is 2.42. The van der Waals surface area contributed by atoms with E-state index in [1.54, 1.807) is 5.57 Å². The highest BCUT2D eigenvalue weighted by atomic mass is 14.2. The largest absolute Gasteiger partial charge is 0.0850 e. The lowest BCUT2D eigenvalue weighted by atomic mass is 9.97. The third kappa shape index (κ3) is 1.35. The molecular formula is C9H16. The average molecular weight is 124 g/mol. The van der Waals surface area contributed by atoms with Crippen LogP contribution in [-0.4, -0.2) is 0 Å². The Morgan fingerprint density at radius 1 is 1.56 bits per heavy atom. The van der Waals surface area contributed by atoms with Gasteiger partial charge in [0, 0.05) is 0 Å². The molecule has 0 aromatic carbocycles. The fourth-order valence-corrected chi connectivity index (χ4v) is 1.72. The summed E-state index contributed by atoms with van der Waals surface area (Å²) in [6.07, 6.45) is 7.80. The molecule has 52 valence electrons. The summed E-state index contributed by atoms with van der Waals surface area (Å²) in [4.78, 5) is 0. The van der Waals surface area contributed by atoms with Crippen molar-refractivity contribution in [3.63, 3.8) is 0 Å². The molecule has 0 aliphatic heterocycles. The van der Waals surface area contributed by atoms with Crippen LogP contribution < -0.4 is 0 Å². The minimum absolute atomic E-state index is 0.940. The van der Waals surface area contributed by atoms with E-state index in [1.165, 1.54) is 25.7 Å². The van der Waals surface area contributed by atoms with Crippen molar-refractivity contribution >= 4 is 0 Å². The van der Waals surface area contributed by atoms with Gasteiger partial charge in [-0.1, -0.05) is 25.5 Å². The molecule has 0 aromatic heterocycles. The Kier molecular flexibility index (Phi) is 2.32. The third-order valence-electron chi connectivity index (χ3n) is 2.35. The zero-order valence-corrected chi connectivity index (χ0v) is 6.48. The van der Waals surface area contributed by atoms with Gasteiger partial charge in [-0.2, -0.15) is 0 Å². The molecule has 9 heavy (non-hydrogen) atoms. The molecule has 0 radical (unpaired) electrons. The van der Waals surface area contributed by atoms with Gasteiger partial charge in [0.1, 0.15) is 0 Å². The molecule has 0 heteroatoms. The predicted molar refractivity (Wildman–Crippen MR) is 41.4 cm³/mol. The molecule has 0 N–H and O–H groups in total. The molecule has 1 atom stereocenters. The van der Waals surface area contributed by atoms with Gasteiger partial charge in [-0.25, -0.2) is 0 Å². The Labute approximate surface area is 58.0 Å². The Hall–Kier alpha value is -0.260. The molecule has 0 nitrogen and oxygen atoms in total. The molecule has 0 spiro atoms. The summed E-state index contributed by atoms with van der Waals surface area (Å²) in [6, 6.07) is 0. The number of hydrogen-bond donors (Lipinski definition) is 0. The second kappa shape index (κ2) is 3.05. The van der Waals surface area contributed by atoms with Crippen LogP contribution >= 0.6 is 0 Å². The Balaban J connectivity index is 2.47. The maximum Gasteiger partial charge on any atom is -0.0203 e. The first-order valence-electron chi connectivity index (χ1n) is 4.07. The van der Waals surface area contributed by atoms with Crippen molar-refractivity contribution < 1.29 is 0 Å². The van der Waals surface area contributed by atoms with Crippen LogP contribution in [0.5, 0.6) is 0 Å². The first-order chi connectivity index (χ1) is 4.38. The van der Waals surface area contributed by atoms with E-state index in [9.17, 15) is 0 Å². The molecule has 0 bridgehead atoms. The molecule has 1 rings (SSSR count). The van der Waals surface area contributed by atoms with Gasteiger partial charge in [-0.05, 0) is 31.6 Å². The smallest absolute Gasteiger partial charge is 0.0203 e. The van der Waals surface area contributed by atoms with E-state index in [1.807, 2.05) is 0 Å². The van der Waals surface area contributed by atoms with Crippen molar-refractivity contribution in [1.82, 2.24) is 0 Å². The van der Waals surface area contributed by atoms with E-state index in [0.29, 0.717) is 0 Å². The summed E-state index contributed by atoms with van der Waals surface area (Å²) in [5.74, 6) is 0.940. The van der Waals surface area contributed by atoms with Crippen molar-refractivity contribution in [2.45, 2.75) is 39.5 Å². The van der Waals surface area contributed by atoms with E-state index < -0.39 is 0 Å². The van der Waals surface area contributed by atoms with Gasteiger partial charge in [-0.15, -0.1) is 0 Å². The van der Waals surface area contributed by atoms with Crippen LogP contribution in [0.3, 0.4) is 0 Å². The van der Waals surface area contributed by atoms with E-state index >= 15 is 0 Å². The fraction of sp³-hybridized carbons (Fsp3) is 0.778. The van der Waals surface area contributed by atoms with Crippen molar-refractivity contribution in [3.05, 3.63) is 11.6 Å². The molecule has 0 heterocycles. The second-order valence-electron chi connectivity index (χ2n) is 2.82. The molecular weight excluding hydrogens is 108 g/mol. The van der Waals surface area contributed by atoms with E-state index in [2.05, 4.69) is 19.9 Å². The van der Waals surface area contributed by atoms with Gasteiger partial charge in [0.25, 0.3) is 0 Å². The van der Waals surface area contributed by atoms with Crippen LogP contribution in [0.4, 0.5) is 0 Å². The normalized spacial score (nSPS) is 26.4. The molecule has 1 unspecified atom stereocenters. The Bertz CT molecular complexity index is 111. The third-order valence-corrected chi connectivity index (χ3v) is 2.35. The summed E-state index contributed by atoms with van der Waals surface area (Å²) in [5, 5.41) is 0. The van der Waals surface area contributed by atoms with Gasteiger partial charge in [0.05, 0.1) is 0 Å². The van der Waals surface area contributed by atoms with Gasteiger partial charge in [-0.3, -0.25) is 0 Å². The Morgan fingerprint density at radius 2 is 2.33 bits per heavy atom. The van der Waals surface area contributed by atoms with E-state index in [-0.39, 0.29) is 0 Å². The van der Waals surface area contributed by atoms with Crippen molar-refractivity contribution in [2.24, 2.45) is 5.92 Å². The van der Waals surface area contributed by atoms with Crippen LogP contribution in [0.15, 0.2) is 11.6 Å². The number of hydrogen-bond acceptors (Lipinski definition) is 0. The molecule has 1 aliphatic rings. The van der Waals surface area contributed by atoms with Gasteiger partial charge >= 0.3 is 0 Å². The standard InChI is InChI=1S/C9H16/c1-3-8-6-5-7-9(8)4-2/h6,9H,3-5,7H2,1-2H3. The molecule has 0 aromatic rings. The van der Waals surface area contributed by atoms with Gasteiger partial charge in [0.2, 0.25) is 0 Å². The summed E-state index contributed by atoms with van der Waals surface area (Å²) < 4.78 is 0. The fourth-order valence-electron chi connectivity index (χ4n) is 1.72. The summed E-state index contributed by atoms with van der Waals surface area (Å²) in [7, 11) is 0. The predicted octanol–water partition coefficient (Wildman–Crippen LogP) is 3.14. The SMILES string of the molecule is CCC1=CCCC1CC. The Morgan fingerprint density at radius 3 is 2.78 bits per heavy atom. The van der Waals surface area contributed by atoms with Crippen LogP contribution in [0.1, 0.15) is 39.5 Å². The van der Waals surface area contributed by atoms with Crippen LogP contribution in [0.25, 0.3) is 0 Å².